The predicted octanol–water partition coefficient (Wildman–Crippen LogP) is 2.25. The van der Waals surface area contributed by atoms with Crippen molar-refractivity contribution < 1.29 is 9.53 Å². The number of amides is 1. The van der Waals surface area contributed by atoms with Crippen molar-refractivity contribution in [3.8, 4) is 5.75 Å². The number of nitrogens with one attached hydrogen (secondary N) is 2. The lowest BCUT2D eigenvalue weighted by Gasteiger charge is -2.09. The standard InChI is InChI=1S/C17H23N5O2/c1-4-15-16(5-2)21-22-17(20-15)19-13-6-8-14(9-7-13)24-11-10-18-12(3)23/h6-9H,4-5,10-11H2,1-3H3,(H,18,23)(H,19,20,22). The topological polar surface area (TPSA) is 89.0 Å². The molecule has 0 aliphatic rings. The molecule has 0 atom stereocenters. The Morgan fingerprint density at radius 2 is 1.79 bits per heavy atom. The van der Waals surface area contributed by atoms with Gasteiger partial charge in [0.1, 0.15) is 12.4 Å². The Bertz CT molecular complexity index is 673. The second-order valence-corrected chi connectivity index (χ2v) is 5.22. The molecular formula is C17H23N5O2. The maximum atomic E-state index is 10.8. The third kappa shape index (κ3) is 5.19. The first kappa shape index (κ1) is 17.7. The summed E-state index contributed by atoms with van der Waals surface area (Å²) in [4.78, 5) is 15.3. The molecule has 2 N–H and O–H groups in total. The van der Waals surface area contributed by atoms with Crippen molar-refractivity contribution in [1.29, 1.82) is 0 Å². The van der Waals surface area contributed by atoms with Crippen LogP contribution in [0.25, 0.3) is 0 Å². The molecule has 0 spiro atoms. The van der Waals surface area contributed by atoms with Gasteiger partial charge in [0.25, 0.3) is 0 Å². The van der Waals surface area contributed by atoms with Crippen LogP contribution in [0.2, 0.25) is 0 Å². The monoisotopic (exact) mass is 329 g/mol. The van der Waals surface area contributed by atoms with E-state index in [-0.39, 0.29) is 5.91 Å². The Labute approximate surface area is 141 Å². The van der Waals surface area contributed by atoms with Crippen LogP contribution in [0.3, 0.4) is 0 Å². The smallest absolute Gasteiger partial charge is 0.247 e. The average molecular weight is 329 g/mol. The number of carbonyl (C=O) groups excluding carboxylic acids is 1. The fraction of sp³-hybridized carbons (Fsp3) is 0.412. The van der Waals surface area contributed by atoms with Crippen molar-refractivity contribution in [1.82, 2.24) is 20.5 Å². The predicted molar refractivity (Wildman–Crippen MR) is 92.5 cm³/mol. The minimum atomic E-state index is -0.0627. The van der Waals surface area contributed by atoms with Gasteiger partial charge in [-0.25, -0.2) is 4.98 Å². The van der Waals surface area contributed by atoms with Crippen LogP contribution in [-0.2, 0) is 17.6 Å². The number of carbonyl (C=O) groups is 1. The van der Waals surface area contributed by atoms with E-state index < -0.39 is 0 Å². The molecule has 0 bridgehead atoms. The molecule has 1 aromatic heterocycles. The number of hydrogen-bond donors (Lipinski definition) is 2. The van der Waals surface area contributed by atoms with Crippen LogP contribution < -0.4 is 15.4 Å². The van der Waals surface area contributed by atoms with E-state index in [1.807, 2.05) is 31.2 Å². The zero-order valence-electron chi connectivity index (χ0n) is 14.3. The van der Waals surface area contributed by atoms with Gasteiger partial charge in [-0.2, -0.15) is 0 Å². The lowest BCUT2D eigenvalue weighted by Crippen LogP contribution is -2.25. The van der Waals surface area contributed by atoms with Gasteiger partial charge in [0.15, 0.2) is 0 Å². The largest absolute Gasteiger partial charge is 0.492 e. The molecule has 1 heterocycles. The fourth-order valence-electron chi connectivity index (χ4n) is 2.15. The summed E-state index contributed by atoms with van der Waals surface area (Å²) in [5.74, 6) is 1.16. The van der Waals surface area contributed by atoms with Crippen molar-refractivity contribution in [2.45, 2.75) is 33.6 Å². The highest BCUT2D eigenvalue weighted by Gasteiger charge is 2.06. The van der Waals surface area contributed by atoms with E-state index in [1.54, 1.807) is 0 Å². The number of aryl methyl sites for hydroxylation is 2. The Morgan fingerprint density at radius 1 is 1.08 bits per heavy atom. The SMILES string of the molecule is CCc1nnc(Nc2ccc(OCCNC(C)=O)cc2)nc1CC. The Morgan fingerprint density at radius 3 is 2.42 bits per heavy atom. The van der Waals surface area contributed by atoms with Gasteiger partial charge in [-0.05, 0) is 37.1 Å². The number of aromatic nitrogens is 3. The number of ether oxygens (including phenoxy) is 1. The molecule has 0 radical (unpaired) electrons. The summed E-state index contributed by atoms with van der Waals surface area (Å²) < 4.78 is 5.54. The van der Waals surface area contributed by atoms with E-state index in [4.69, 9.17) is 4.74 Å². The molecule has 0 fully saturated rings. The summed E-state index contributed by atoms with van der Waals surface area (Å²) in [6.07, 6.45) is 1.66. The van der Waals surface area contributed by atoms with E-state index in [0.717, 1.165) is 35.7 Å². The molecule has 2 rings (SSSR count). The minimum Gasteiger partial charge on any atom is -0.492 e. The molecule has 2 aromatic rings. The summed E-state index contributed by atoms with van der Waals surface area (Å²) in [5.41, 5.74) is 2.76. The van der Waals surface area contributed by atoms with Crippen molar-refractivity contribution >= 4 is 17.5 Å². The number of hydrogen-bond acceptors (Lipinski definition) is 6. The lowest BCUT2D eigenvalue weighted by molar-refractivity contribution is -0.119. The first-order valence-electron chi connectivity index (χ1n) is 8.09. The van der Waals surface area contributed by atoms with Gasteiger partial charge < -0.3 is 15.4 Å². The number of nitrogens with zero attached hydrogens (tertiary/aromatic N) is 3. The van der Waals surface area contributed by atoms with Crippen LogP contribution in [0.1, 0.15) is 32.2 Å². The van der Waals surface area contributed by atoms with Gasteiger partial charge >= 0.3 is 0 Å². The Hall–Kier alpha value is -2.70. The zero-order chi connectivity index (χ0) is 17.4. The van der Waals surface area contributed by atoms with E-state index in [0.29, 0.717) is 19.1 Å². The minimum absolute atomic E-state index is 0.0627. The molecule has 24 heavy (non-hydrogen) atoms. The maximum absolute atomic E-state index is 10.8. The quantitative estimate of drug-likeness (QED) is 0.722. The molecule has 1 amide bonds. The second-order valence-electron chi connectivity index (χ2n) is 5.22. The number of rotatable bonds is 8. The molecular weight excluding hydrogens is 306 g/mol. The molecule has 128 valence electrons. The van der Waals surface area contributed by atoms with E-state index >= 15 is 0 Å². The zero-order valence-corrected chi connectivity index (χ0v) is 14.3. The van der Waals surface area contributed by atoms with E-state index in [2.05, 4.69) is 32.7 Å². The van der Waals surface area contributed by atoms with E-state index in [1.165, 1.54) is 6.92 Å². The molecule has 0 aliphatic heterocycles. The van der Waals surface area contributed by atoms with Gasteiger partial charge in [0, 0.05) is 12.6 Å². The van der Waals surface area contributed by atoms with Gasteiger partial charge in [-0.1, -0.05) is 13.8 Å². The first-order valence-corrected chi connectivity index (χ1v) is 8.09. The summed E-state index contributed by atoms with van der Waals surface area (Å²) in [7, 11) is 0. The molecule has 0 saturated heterocycles. The molecule has 0 aliphatic carbocycles. The molecule has 1 aromatic carbocycles. The van der Waals surface area contributed by atoms with Gasteiger partial charge in [0.2, 0.25) is 11.9 Å². The van der Waals surface area contributed by atoms with Gasteiger partial charge in [0.05, 0.1) is 17.9 Å². The lowest BCUT2D eigenvalue weighted by atomic mass is 10.2. The molecule has 7 heteroatoms. The Balaban J connectivity index is 1.92. The summed E-state index contributed by atoms with van der Waals surface area (Å²) in [5, 5.41) is 14.1. The van der Waals surface area contributed by atoms with Crippen molar-refractivity contribution in [2.75, 3.05) is 18.5 Å². The third-order valence-corrected chi connectivity index (χ3v) is 3.36. The van der Waals surface area contributed by atoms with Crippen molar-refractivity contribution in [3.63, 3.8) is 0 Å². The molecule has 7 nitrogen and oxygen atoms in total. The summed E-state index contributed by atoms with van der Waals surface area (Å²) in [6, 6.07) is 7.47. The van der Waals surface area contributed by atoms with Gasteiger partial charge in [-0.3, -0.25) is 4.79 Å². The number of benzene rings is 1. The van der Waals surface area contributed by atoms with Crippen LogP contribution in [0.15, 0.2) is 24.3 Å². The van der Waals surface area contributed by atoms with Crippen molar-refractivity contribution in [3.05, 3.63) is 35.7 Å². The summed E-state index contributed by atoms with van der Waals surface area (Å²) >= 11 is 0. The normalized spacial score (nSPS) is 10.3. The molecule has 0 unspecified atom stereocenters. The van der Waals surface area contributed by atoms with Gasteiger partial charge in [-0.15, -0.1) is 10.2 Å². The maximum Gasteiger partial charge on any atom is 0.247 e. The highest BCUT2D eigenvalue weighted by Crippen LogP contribution is 2.18. The number of anilines is 2. The van der Waals surface area contributed by atoms with Crippen molar-refractivity contribution in [2.24, 2.45) is 0 Å². The van der Waals surface area contributed by atoms with Crippen LogP contribution in [0, 0.1) is 0 Å². The van der Waals surface area contributed by atoms with E-state index in [9.17, 15) is 4.79 Å². The Kier molecular flexibility index (Phi) is 6.48. The fourth-order valence-corrected chi connectivity index (χ4v) is 2.15. The van der Waals surface area contributed by atoms with Crippen LogP contribution in [-0.4, -0.2) is 34.2 Å². The average Bonchev–Trinajstić information content (AvgIpc) is 2.59. The third-order valence-electron chi connectivity index (χ3n) is 3.36. The summed E-state index contributed by atoms with van der Waals surface area (Å²) in [6.45, 7) is 6.49. The van der Waals surface area contributed by atoms with Crippen LogP contribution >= 0.6 is 0 Å². The molecule has 0 saturated carbocycles. The highest BCUT2D eigenvalue weighted by atomic mass is 16.5. The van der Waals surface area contributed by atoms with Crippen LogP contribution in [0.4, 0.5) is 11.6 Å². The van der Waals surface area contributed by atoms with Crippen LogP contribution in [0.5, 0.6) is 5.75 Å². The highest BCUT2D eigenvalue weighted by molar-refractivity contribution is 5.72. The first-order chi connectivity index (χ1) is 11.6. The second kappa shape index (κ2) is 8.81.